The van der Waals surface area contributed by atoms with Gasteiger partial charge in [0.25, 0.3) is 5.56 Å². The van der Waals surface area contributed by atoms with Crippen molar-refractivity contribution in [3.63, 3.8) is 0 Å². The Morgan fingerprint density at radius 2 is 2.26 bits per heavy atom. The van der Waals surface area contributed by atoms with E-state index in [0.29, 0.717) is 11.1 Å². The molecule has 0 unspecified atom stereocenters. The molecule has 0 saturated carbocycles. The molecule has 0 bridgehead atoms. The minimum absolute atomic E-state index is 0.00829. The summed E-state index contributed by atoms with van der Waals surface area (Å²) in [6.45, 7) is 6.48. The van der Waals surface area contributed by atoms with Gasteiger partial charge in [-0.05, 0) is 44.1 Å². The van der Waals surface area contributed by atoms with Crippen molar-refractivity contribution in [1.82, 2.24) is 15.3 Å². The number of nitrogens with zero attached hydrogens (tertiary/aromatic N) is 1. The zero-order chi connectivity index (χ0) is 19.4. The van der Waals surface area contributed by atoms with Gasteiger partial charge in [0.2, 0.25) is 5.91 Å². The highest BCUT2D eigenvalue weighted by Crippen LogP contribution is 2.36. The van der Waals surface area contributed by atoms with Crippen molar-refractivity contribution in [2.45, 2.75) is 76.9 Å². The Morgan fingerprint density at radius 3 is 3.04 bits per heavy atom. The fourth-order valence-electron chi connectivity index (χ4n) is 3.62. The molecule has 27 heavy (non-hydrogen) atoms. The molecule has 3 rings (SSSR count). The molecule has 0 saturated heterocycles. The third-order valence-corrected chi connectivity index (χ3v) is 7.15. The second kappa shape index (κ2) is 9.24. The van der Waals surface area contributed by atoms with E-state index in [1.807, 2.05) is 6.92 Å². The first-order valence-electron chi connectivity index (χ1n) is 9.94. The zero-order valence-electron chi connectivity index (χ0n) is 16.4. The van der Waals surface area contributed by atoms with Gasteiger partial charge in [-0.2, -0.15) is 0 Å². The number of rotatable bonds is 8. The molecule has 2 N–H and O–H groups in total. The summed E-state index contributed by atoms with van der Waals surface area (Å²) >= 11 is 2.95. The Morgan fingerprint density at radius 1 is 1.44 bits per heavy atom. The van der Waals surface area contributed by atoms with Crippen molar-refractivity contribution in [2.24, 2.45) is 5.92 Å². The van der Waals surface area contributed by atoms with Crippen molar-refractivity contribution < 1.29 is 4.79 Å². The molecular weight excluding hydrogens is 378 g/mol. The quantitative estimate of drug-likeness (QED) is 0.389. The normalized spacial score (nSPS) is 17.7. The monoisotopic (exact) mass is 407 g/mol. The maximum Gasteiger partial charge on any atom is 0.260 e. The van der Waals surface area contributed by atoms with Gasteiger partial charge in [-0.25, -0.2) is 4.98 Å². The van der Waals surface area contributed by atoms with Gasteiger partial charge in [0.1, 0.15) is 4.83 Å². The molecule has 1 aliphatic rings. The fraction of sp³-hybridized carbons (Fsp3) is 0.650. The molecule has 0 spiro atoms. The van der Waals surface area contributed by atoms with Crippen LogP contribution in [0.25, 0.3) is 10.2 Å². The summed E-state index contributed by atoms with van der Waals surface area (Å²) in [7, 11) is 0. The standard InChI is InChI=1S/C20H29N3O2S2/c1-4-5-6-7-13(3)21-16(24)11-26-20-22-18(25)17-14-9-8-12(2)10-15(14)27-19(17)23-20/h12-13H,4-11H2,1-3H3,(H,21,24)(H,22,23,25)/t12-,13+/m1/s1. The average molecular weight is 408 g/mol. The maximum absolute atomic E-state index is 12.6. The molecule has 1 aliphatic carbocycles. The Balaban J connectivity index is 1.62. The number of aromatic amines is 1. The number of carbonyl (C=O) groups is 1. The largest absolute Gasteiger partial charge is 0.353 e. The van der Waals surface area contributed by atoms with Crippen LogP contribution in [0, 0.1) is 5.92 Å². The molecule has 0 radical (unpaired) electrons. The molecule has 2 aromatic rings. The van der Waals surface area contributed by atoms with Crippen LogP contribution in [0.1, 0.15) is 63.3 Å². The van der Waals surface area contributed by atoms with Crippen LogP contribution >= 0.6 is 23.1 Å². The number of nitrogens with one attached hydrogen (secondary N) is 2. The van der Waals surface area contributed by atoms with E-state index in [-0.39, 0.29) is 23.3 Å². The number of amides is 1. The van der Waals surface area contributed by atoms with Crippen LogP contribution in [-0.2, 0) is 17.6 Å². The summed E-state index contributed by atoms with van der Waals surface area (Å²) in [6.07, 6.45) is 7.66. The summed E-state index contributed by atoms with van der Waals surface area (Å²) in [5.74, 6) is 0.932. The second-order valence-corrected chi connectivity index (χ2v) is 9.70. The summed E-state index contributed by atoms with van der Waals surface area (Å²) in [5, 5.41) is 4.33. The van der Waals surface area contributed by atoms with Crippen LogP contribution in [0.4, 0.5) is 0 Å². The van der Waals surface area contributed by atoms with Crippen LogP contribution in [0.15, 0.2) is 9.95 Å². The van der Waals surface area contributed by atoms with E-state index in [1.165, 1.54) is 35.0 Å². The van der Waals surface area contributed by atoms with Crippen molar-refractivity contribution in [3.8, 4) is 0 Å². The van der Waals surface area contributed by atoms with E-state index >= 15 is 0 Å². The Bertz CT molecular complexity index is 859. The molecule has 148 valence electrons. The van der Waals surface area contributed by atoms with Crippen LogP contribution in [0.2, 0.25) is 0 Å². The highest BCUT2D eigenvalue weighted by molar-refractivity contribution is 7.99. The van der Waals surface area contributed by atoms with Gasteiger partial charge in [-0.1, -0.05) is 44.9 Å². The average Bonchev–Trinajstić information content (AvgIpc) is 2.97. The highest BCUT2D eigenvalue weighted by atomic mass is 32.2. The van der Waals surface area contributed by atoms with E-state index in [2.05, 4.69) is 29.1 Å². The lowest BCUT2D eigenvalue weighted by Gasteiger charge is -2.17. The van der Waals surface area contributed by atoms with Gasteiger partial charge in [0.05, 0.1) is 11.1 Å². The first-order chi connectivity index (χ1) is 13.0. The second-order valence-electron chi connectivity index (χ2n) is 7.66. The molecule has 1 amide bonds. The van der Waals surface area contributed by atoms with Crippen LogP contribution in [0.5, 0.6) is 0 Å². The SMILES string of the molecule is CCCCC[C@H](C)NC(=O)CSc1nc2sc3c(c2c(=O)[nH]1)CC[C@@H](C)C3. The van der Waals surface area contributed by atoms with Gasteiger partial charge >= 0.3 is 0 Å². The number of aromatic nitrogens is 2. The fourth-order valence-corrected chi connectivity index (χ4v) is 5.73. The van der Waals surface area contributed by atoms with Gasteiger partial charge in [0.15, 0.2) is 5.16 Å². The summed E-state index contributed by atoms with van der Waals surface area (Å²) < 4.78 is 0. The van der Waals surface area contributed by atoms with E-state index < -0.39 is 0 Å². The number of thioether (sulfide) groups is 1. The van der Waals surface area contributed by atoms with E-state index in [0.717, 1.165) is 42.3 Å². The third kappa shape index (κ3) is 5.13. The van der Waals surface area contributed by atoms with Crippen molar-refractivity contribution in [3.05, 3.63) is 20.8 Å². The van der Waals surface area contributed by atoms with Gasteiger partial charge in [-0.3, -0.25) is 9.59 Å². The summed E-state index contributed by atoms with van der Waals surface area (Å²) in [5.41, 5.74) is 1.12. The molecule has 0 fully saturated rings. The number of H-pyrrole nitrogens is 1. The molecule has 0 aliphatic heterocycles. The Labute approximate surface area is 168 Å². The molecule has 7 heteroatoms. The Hall–Kier alpha value is -1.34. The smallest absolute Gasteiger partial charge is 0.260 e. The molecule has 2 heterocycles. The molecule has 0 aromatic carbocycles. The summed E-state index contributed by atoms with van der Waals surface area (Å²) in [4.78, 5) is 34.4. The third-order valence-electron chi connectivity index (χ3n) is 5.13. The van der Waals surface area contributed by atoms with Gasteiger partial charge < -0.3 is 10.3 Å². The Kier molecular flexibility index (Phi) is 6.98. The number of carbonyl (C=O) groups excluding carboxylic acids is 1. The minimum atomic E-state index is -0.0668. The molecule has 5 nitrogen and oxygen atoms in total. The number of fused-ring (bicyclic) bond motifs is 3. The maximum atomic E-state index is 12.6. The number of hydrogen-bond acceptors (Lipinski definition) is 5. The summed E-state index contributed by atoms with van der Waals surface area (Å²) in [6, 6.07) is 0.185. The lowest BCUT2D eigenvalue weighted by molar-refractivity contribution is -0.119. The van der Waals surface area contributed by atoms with Crippen molar-refractivity contribution >= 4 is 39.2 Å². The number of aryl methyl sites for hydroxylation is 1. The van der Waals surface area contributed by atoms with Gasteiger partial charge in [0, 0.05) is 10.9 Å². The lowest BCUT2D eigenvalue weighted by atomic mass is 9.89. The van der Waals surface area contributed by atoms with E-state index in [9.17, 15) is 9.59 Å². The highest BCUT2D eigenvalue weighted by Gasteiger charge is 2.23. The lowest BCUT2D eigenvalue weighted by Crippen LogP contribution is -2.33. The van der Waals surface area contributed by atoms with Crippen molar-refractivity contribution in [2.75, 3.05) is 5.75 Å². The first kappa shape index (κ1) is 20.4. The van der Waals surface area contributed by atoms with E-state index in [1.54, 1.807) is 11.3 Å². The van der Waals surface area contributed by atoms with Crippen LogP contribution in [-0.4, -0.2) is 27.7 Å². The van der Waals surface area contributed by atoms with Crippen molar-refractivity contribution in [1.29, 1.82) is 0 Å². The van der Waals surface area contributed by atoms with Crippen LogP contribution < -0.4 is 10.9 Å². The van der Waals surface area contributed by atoms with E-state index in [4.69, 9.17) is 0 Å². The first-order valence-corrected chi connectivity index (χ1v) is 11.7. The molecule has 2 atom stereocenters. The number of hydrogen-bond donors (Lipinski definition) is 2. The molecule has 2 aromatic heterocycles. The predicted octanol–water partition coefficient (Wildman–Crippen LogP) is 4.29. The van der Waals surface area contributed by atoms with Gasteiger partial charge in [-0.15, -0.1) is 11.3 Å². The predicted molar refractivity (Wildman–Crippen MR) is 114 cm³/mol. The van der Waals surface area contributed by atoms with Crippen LogP contribution in [0.3, 0.4) is 0 Å². The number of thiophene rings is 1. The topological polar surface area (TPSA) is 74.8 Å². The number of unbranched alkanes of at least 4 members (excludes halogenated alkanes) is 2. The molecular formula is C20H29N3O2S2. The minimum Gasteiger partial charge on any atom is -0.353 e. The zero-order valence-corrected chi connectivity index (χ0v) is 18.0.